The quantitative estimate of drug-likeness (QED) is 0.596. The molecule has 0 radical (unpaired) electrons. The number of hydrogen-bond donors (Lipinski definition) is 2. The highest BCUT2D eigenvalue weighted by atomic mass is 19.1. The van der Waals surface area contributed by atoms with Gasteiger partial charge in [0, 0.05) is 16.6 Å². The van der Waals surface area contributed by atoms with E-state index in [2.05, 4.69) is 9.97 Å². The van der Waals surface area contributed by atoms with Crippen molar-refractivity contribution < 1.29 is 18.7 Å². The molecule has 4 aromatic rings. The van der Waals surface area contributed by atoms with Crippen LogP contribution in [0, 0.1) is 12.7 Å². The zero-order valence-electron chi connectivity index (χ0n) is 12.8. The molecule has 0 atom stereocenters. The lowest BCUT2D eigenvalue weighted by atomic mass is 10.1. The first-order chi connectivity index (χ1) is 11.5. The molecule has 0 amide bonds. The summed E-state index contributed by atoms with van der Waals surface area (Å²) in [5, 5.41) is 9.72. The number of aromatic amines is 1. The average Bonchev–Trinajstić information content (AvgIpc) is 3.05. The maximum absolute atomic E-state index is 13.4. The van der Waals surface area contributed by atoms with Crippen LogP contribution in [0.5, 0.6) is 0 Å². The van der Waals surface area contributed by atoms with Gasteiger partial charge in [0.05, 0.1) is 12.0 Å². The summed E-state index contributed by atoms with van der Waals surface area (Å²) in [5.74, 6) is -0.789. The highest BCUT2D eigenvalue weighted by Crippen LogP contribution is 2.34. The molecule has 0 aliphatic heterocycles. The minimum absolute atomic E-state index is 0.0721. The molecule has 0 saturated carbocycles. The molecule has 0 fully saturated rings. The number of H-pyrrole nitrogens is 1. The Hall–Kier alpha value is -3.15. The Kier molecular flexibility index (Phi) is 3.13. The van der Waals surface area contributed by atoms with E-state index in [1.165, 1.54) is 12.1 Å². The SMILES string of the molecule is Cc1[nH]c2cc(F)ccc2c1-c1nc2ccc(CC(=O)O)cc2o1. The van der Waals surface area contributed by atoms with Gasteiger partial charge in [0.2, 0.25) is 5.89 Å². The van der Waals surface area contributed by atoms with Gasteiger partial charge in [-0.05, 0) is 42.8 Å². The van der Waals surface area contributed by atoms with Gasteiger partial charge >= 0.3 is 5.97 Å². The normalized spacial score (nSPS) is 11.4. The van der Waals surface area contributed by atoms with E-state index in [1.807, 2.05) is 6.92 Å². The monoisotopic (exact) mass is 324 g/mol. The van der Waals surface area contributed by atoms with Crippen molar-refractivity contribution in [3.63, 3.8) is 0 Å². The number of oxazole rings is 1. The summed E-state index contributed by atoms with van der Waals surface area (Å²) >= 11 is 0. The summed E-state index contributed by atoms with van der Waals surface area (Å²) in [7, 11) is 0. The molecule has 24 heavy (non-hydrogen) atoms. The van der Waals surface area contributed by atoms with E-state index in [1.54, 1.807) is 24.3 Å². The Balaban J connectivity index is 1.87. The number of aryl methyl sites for hydroxylation is 1. The third-order valence-corrected chi connectivity index (χ3v) is 3.97. The molecule has 6 heteroatoms. The van der Waals surface area contributed by atoms with Gasteiger partial charge in [0.15, 0.2) is 5.58 Å². The van der Waals surface area contributed by atoms with Crippen LogP contribution in [0.1, 0.15) is 11.3 Å². The number of aromatic nitrogens is 2. The fourth-order valence-electron chi connectivity index (χ4n) is 2.94. The van der Waals surface area contributed by atoms with Crippen LogP contribution >= 0.6 is 0 Å². The first-order valence-corrected chi connectivity index (χ1v) is 7.41. The average molecular weight is 324 g/mol. The van der Waals surface area contributed by atoms with Crippen LogP contribution in [0.3, 0.4) is 0 Å². The highest BCUT2D eigenvalue weighted by molar-refractivity contribution is 5.96. The van der Waals surface area contributed by atoms with Gasteiger partial charge in [-0.25, -0.2) is 9.37 Å². The van der Waals surface area contributed by atoms with Crippen LogP contribution in [-0.2, 0) is 11.2 Å². The molecule has 0 unspecified atom stereocenters. The van der Waals surface area contributed by atoms with E-state index < -0.39 is 5.97 Å². The number of carboxylic acids is 1. The molecule has 4 rings (SSSR count). The fourth-order valence-corrected chi connectivity index (χ4v) is 2.94. The Labute approximate surface area is 135 Å². The van der Waals surface area contributed by atoms with Crippen LogP contribution in [0.15, 0.2) is 40.8 Å². The molecule has 0 spiro atoms. The summed E-state index contributed by atoms with van der Waals surface area (Å²) in [5.41, 5.74) is 4.11. The van der Waals surface area contributed by atoms with Crippen LogP contribution in [0.25, 0.3) is 33.5 Å². The lowest BCUT2D eigenvalue weighted by Crippen LogP contribution is -1.99. The molecule has 0 bridgehead atoms. The summed E-state index contributed by atoms with van der Waals surface area (Å²) in [6.07, 6.45) is -0.0721. The zero-order valence-corrected chi connectivity index (χ0v) is 12.8. The standard InChI is InChI=1S/C18H13FN2O3/c1-9-17(12-4-3-11(19)8-14(12)20-9)18-21-13-5-2-10(7-16(22)23)6-15(13)24-18/h2-6,8,20H,7H2,1H3,(H,22,23). The van der Waals surface area contributed by atoms with Gasteiger partial charge in [0.25, 0.3) is 0 Å². The molecule has 120 valence electrons. The fraction of sp³-hybridized carbons (Fsp3) is 0.111. The van der Waals surface area contributed by atoms with Crippen molar-refractivity contribution in [1.29, 1.82) is 0 Å². The molecule has 0 aliphatic carbocycles. The van der Waals surface area contributed by atoms with Gasteiger partial charge in [-0.3, -0.25) is 4.79 Å². The van der Waals surface area contributed by atoms with Gasteiger partial charge in [-0.1, -0.05) is 6.07 Å². The number of carbonyl (C=O) groups is 1. The van der Waals surface area contributed by atoms with Crippen molar-refractivity contribution in [3.8, 4) is 11.5 Å². The van der Waals surface area contributed by atoms with Crippen LogP contribution < -0.4 is 0 Å². The van der Waals surface area contributed by atoms with Crippen molar-refractivity contribution in [2.24, 2.45) is 0 Å². The second-order valence-electron chi connectivity index (χ2n) is 5.71. The number of fused-ring (bicyclic) bond motifs is 2. The summed E-state index contributed by atoms with van der Waals surface area (Å²) in [6.45, 7) is 1.87. The first kappa shape index (κ1) is 14.4. The predicted molar refractivity (Wildman–Crippen MR) is 87.3 cm³/mol. The number of halogens is 1. The third-order valence-electron chi connectivity index (χ3n) is 3.97. The molecular weight excluding hydrogens is 311 g/mol. The van der Waals surface area contributed by atoms with Crippen LogP contribution in [0.2, 0.25) is 0 Å². The second kappa shape index (κ2) is 5.19. The van der Waals surface area contributed by atoms with Gasteiger partial charge in [-0.2, -0.15) is 0 Å². The topological polar surface area (TPSA) is 79.1 Å². The molecule has 2 heterocycles. The summed E-state index contributed by atoms with van der Waals surface area (Å²) in [6, 6.07) is 9.66. The van der Waals surface area contributed by atoms with E-state index in [-0.39, 0.29) is 12.2 Å². The summed E-state index contributed by atoms with van der Waals surface area (Å²) in [4.78, 5) is 18.4. The largest absolute Gasteiger partial charge is 0.481 e. The van der Waals surface area contributed by atoms with Gasteiger partial charge < -0.3 is 14.5 Å². The van der Waals surface area contributed by atoms with Gasteiger partial charge in [0.1, 0.15) is 11.3 Å². The number of rotatable bonds is 3. The Morgan fingerprint density at radius 2 is 2.12 bits per heavy atom. The number of aliphatic carboxylic acids is 1. The molecule has 2 aromatic carbocycles. The maximum atomic E-state index is 13.4. The minimum atomic E-state index is -0.899. The number of nitrogens with one attached hydrogen (secondary N) is 1. The van der Waals surface area contributed by atoms with Crippen LogP contribution in [-0.4, -0.2) is 21.0 Å². The third kappa shape index (κ3) is 2.32. The van der Waals surface area contributed by atoms with Crippen molar-refractivity contribution in [1.82, 2.24) is 9.97 Å². The van der Waals surface area contributed by atoms with Gasteiger partial charge in [-0.15, -0.1) is 0 Å². The Morgan fingerprint density at radius 1 is 1.29 bits per heavy atom. The minimum Gasteiger partial charge on any atom is -0.481 e. The lowest BCUT2D eigenvalue weighted by Gasteiger charge is -1.95. The van der Waals surface area contributed by atoms with Crippen molar-refractivity contribution in [3.05, 3.63) is 53.5 Å². The van der Waals surface area contributed by atoms with E-state index in [0.717, 1.165) is 16.6 Å². The van der Waals surface area contributed by atoms with Crippen molar-refractivity contribution in [2.75, 3.05) is 0 Å². The molecular formula is C18H13FN2O3. The van der Waals surface area contributed by atoms with E-state index in [9.17, 15) is 9.18 Å². The molecule has 5 nitrogen and oxygen atoms in total. The van der Waals surface area contributed by atoms with E-state index in [0.29, 0.717) is 28.1 Å². The summed E-state index contributed by atoms with van der Waals surface area (Å²) < 4.78 is 19.2. The molecule has 2 aromatic heterocycles. The van der Waals surface area contributed by atoms with Crippen LogP contribution in [0.4, 0.5) is 4.39 Å². The first-order valence-electron chi connectivity index (χ1n) is 7.41. The number of hydrogen-bond acceptors (Lipinski definition) is 3. The number of carboxylic acid groups (broad SMARTS) is 1. The highest BCUT2D eigenvalue weighted by Gasteiger charge is 2.17. The maximum Gasteiger partial charge on any atom is 0.307 e. The Morgan fingerprint density at radius 3 is 2.92 bits per heavy atom. The zero-order chi connectivity index (χ0) is 16.8. The predicted octanol–water partition coefficient (Wildman–Crippen LogP) is 4.05. The van der Waals surface area contributed by atoms with E-state index in [4.69, 9.17) is 9.52 Å². The van der Waals surface area contributed by atoms with Crippen molar-refractivity contribution in [2.45, 2.75) is 13.3 Å². The molecule has 0 aliphatic rings. The lowest BCUT2D eigenvalue weighted by molar-refractivity contribution is -0.136. The molecule has 2 N–H and O–H groups in total. The Bertz CT molecular complexity index is 1090. The second-order valence-corrected chi connectivity index (χ2v) is 5.71. The smallest absolute Gasteiger partial charge is 0.307 e. The van der Waals surface area contributed by atoms with Crippen molar-refractivity contribution >= 4 is 28.0 Å². The number of benzene rings is 2. The van der Waals surface area contributed by atoms with E-state index >= 15 is 0 Å². The number of nitrogens with zero attached hydrogens (tertiary/aromatic N) is 1. The molecule has 0 saturated heterocycles.